The van der Waals surface area contributed by atoms with Gasteiger partial charge in [-0.3, -0.25) is 9.69 Å². The molecular weight excluding hydrogens is 380 g/mol. The second-order valence-electron chi connectivity index (χ2n) is 7.82. The molecular formula is C23H28N4OS. The van der Waals surface area contributed by atoms with Crippen molar-refractivity contribution in [1.82, 2.24) is 15.2 Å². The summed E-state index contributed by atoms with van der Waals surface area (Å²) >= 11 is 1.79. The van der Waals surface area contributed by atoms with Crippen molar-refractivity contribution in [3.05, 3.63) is 58.7 Å². The van der Waals surface area contributed by atoms with Crippen LogP contribution in [0, 0.1) is 20.8 Å². The van der Waals surface area contributed by atoms with E-state index in [1.807, 2.05) is 31.2 Å². The maximum absolute atomic E-state index is 12.3. The number of aromatic nitrogens is 1. The van der Waals surface area contributed by atoms with Crippen LogP contribution in [-0.2, 0) is 0 Å². The molecule has 3 aromatic rings. The van der Waals surface area contributed by atoms with Gasteiger partial charge in [0.2, 0.25) is 0 Å². The molecule has 1 aliphatic heterocycles. The number of hydrogen-bond donors (Lipinski definition) is 1. The van der Waals surface area contributed by atoms with Gasteiger partial charge >= 0.3 is 0 Å². The van der Waals surface area contributed by atoms with Crippen LogP contribution < -0.4 is 10.2 Å². The normalized spacial score (nSPS) is 15.1. The molecule has 0 saturated carbocycles. The zero-order valence-corrected chi connectivity index (χ0v) is 18.2. The van der Waals surface area contributed by atoms with E-state index < -0.39 is 0 Å². The van der Waals surface area contributed by atoms with Crippen molar-refractivity contribution in [3.63, 3.8) is 0 Å². The molecule has 2 heterocycles. The van der Waals surface area contributed by atoms with Gasteiger partial charge in [-0.05, 0) is 49.6 Å². The molecule has 0 atom stereocenters. The highest BCUT2D eigenvalue weighted by atomic mass is 32.1. The first-order chi connectivity index (χ1) is 14.0. The van der Waals surface area contributed by atoms with Gasteiger partial charge in [-0.2, -0.15) is 0 Å². The molecule has 1 fully saturated rings. The standard InChI is InChI=1S/C23H28N4OS/c1-16-14-18(3)21-20(15-16)29-23(25-21)27-12-10-26(11-13-27)9-8-24-22(28)19-7-5-4-6-17(19)2/h4-7,14-15H,8-13H2,1-3H3,(H,24,28). The zero-order chi connectivity index (χ0) is 20.4. The van der Waals surface area contributed by atoms with Crippen molar-refractivity contribution in [3.8, 4) is 0 Å². The molecule has 0 radical (unpaired) electrons. The van der Waals surface area contributed by atoms with Crippen molar-refractivity contribution in [2.24, 2.45) is 0 Å². The van der Waals surface area contributed by atoms with Gasteiger partial charge in [0, 0.05) is 44.8 Å². The Labute approximate surface area is 176 Å². The highest BCUT2D eigenvalue weighted by Crippen LogP contribution is 2.32. The highest BCUT2D eigenvalue weighted by molar-refractivity contribution is 7.22. The molecule has 1 N–H and O–H groups in total. The fraction of sp³-hybridized carbons (Fsp3) is 0.391. The number of fused-ring (bicyclic) bond motifs is 1. The van der Waals surface area contributed by atoms with Crippen LogP contribution in [0.5, 0.6) is 0 Å². The monoisotopic (exact) mass is 408 g/mol. The Morgan fingerprint density at radius 3 is 2.59 bits per heavy atom. The Hall–Kier alpha value is -2.44. The van der Waals surface area contributed by atoms with Crippen LogP contribution in [-0.4, -0.2) is 55.1 Å². The van der Waals surface area contributed by atoms with Crippen LogP contribution in [0.1, 0.15) is 27.0 Å². The van der Waals surface area contributed by atoms with Gasteiger partial charge in [0.15, 0.2) is 5.13 Å². The molecule has 2 aromatic carbocycles. The number of aryl methyl sites for hydroxylation is 3. The molecule has 1 aromatic heterocycles. The minimum atomic E-state index is 0.0156. The third kappa shape index (κ3) is 4.43. The van der Waals surface area contributed by atoms with Gasteiger partial charge in [0.05, 0.1) is 10.2 Å². The molecule has 29 heavy (non-hydrogen) atoms. The summed E-state index contributed by atoms with van der Waals surface area (Å²) in [5.74, 6) is 0.0156. The SMILES string of the molecule is Cc1cc(C)c2nc(N3CCN(CCNC(=O)c4ccccc4C)CC3)sc2c1. The molecule has 5 nitrogen and oxygen atoms in total. The van der Waals surface area contributed by atoms with Crippen molar-refractivity contribution < 1.29 is 4.79 Å². The molecule has 1 amide bonds. The number of piperazine rings is 1. The van der Waals surface area contributed by atoms with E-state index in [2.05, 4.69) is 41.1 Å². The first-order valence-electron chi connectivity index (χ1n) is 10.2. The van der Waals surface area contributed by atoms with E-state index in [0.717, 1.165) is 54.5 Å². The molecule has 4 rings (SSSR count). The summed E-state index contributed by atoms with van der Waals surface area (Å²) in [6.07, 6.45) is 0. The Morgan fingerprint density at radius 1 is 1.07 bits per heavy atom. The van der Waals surface area contributed by atoms with Crippen LogP contribution in [0.4, 0.5) is 5.13 Å². The molecule has 0 spiro atoms. The maximum atomic E-state index is 12.3. The average molecular weight is 409 g/mol. The van der Waals surface area contributed by atoms with E-state index in [1.54, 1.807) is 11.3 Å². The lowest BCUT2D eigenvalue weighted by atomic mass is 10.1. The number of rotatable bonds is 5. The van der Waals surface area contributed by atoms with Crippen molar-refractivity contribution in [2.45, 2.75) is 20.8 Å². The van der Waals surface area contributed by atoms with Crippen molar-refractivity contribution in [2.75, 3.05) is 44.2 Å². The second kappa shape index (κ2) is 8.51. The lowest BCUT2D eigenvalue weighted by Crippen LogP contribution is -2.48. The fourth-order valence-electron chi connectivity index (χ4n) is 3.91. The van der Waals surface area contributed by atoms with Crippen LogP contribution in [0.2, 0.25) is 0 Å². The fourth-order valence-corrected chi connectivity index (χ4v) is 5.10. The van der Waals surface area contributed by atoms with Crippen LogP contribution in [0.15, 0.2) is 36.4 Å². The largest absolute Gasteiger partial charge is 0.351 e. The van der Waals surface area contributed by atoms with E-state index in [4.69, 9.17) is 4.98 Å². The topological polar surface area (TPSA) is 48.5 Å². The van der Waals surface area contributed by atoms with Crippen LogP contribution in [0.25, 0.3) is 10.2 Å². The first kappa shape index (κ1) is 19.9. The van der Waals surface area contributed by atoms with E-state index in [1.165, 1.54) is 15.8 Å². The number of carbonyl (C=O) groups is 1. The van der Waals surface area contributed by atoms with Gasteiger partial charge in [-0.25, -0.2) is 4.98 Å². The Kier molecular flexibility index (Phi) is 5.83. The van der Waals surface area contributed by atoms with Gasteiger partial charge in [-0.1, -0.05) is 35.6 Å². The molecule has 1 aliphatic rings. The summed E-state index contributed by atoms with van der Waals surface area (Å²) in [6, 6.07) is 12.2. The smallest absolute Gasteiger partial charge is 0.251 e. The summed E-state index contributed by atoms with van der Waals surface area (Å²) in [7, 11) is 0. The minimum Gasteiger partial charge on any atom is -0.351 e. The minimum absolute atomic E-state index is 0.0156. The van der Waals surface area contributed by atoms with Crippen LogP contribution in [0.3, 0.4) is 0 Å². The summed E-state index contributed by atoms with van der Waals surface area (Å²) in [6.45, 7) is 11.7. The van der Waals surface area contributed by atoms with Gasteiger partial charge in [0.25, 0.3) is 5.91 Å². The molecule has 0 bridgehead atoms. The van der Waals surface area contributed by atoms with E-state index in [9.17, 15) is 4.79 Å². The Bertz CT molecular complexity index is 1020. The predicted octanol–water partition coefficient (Wildman–Crippen LogP) is 3.77. The molecule has 1 saturated heterocycles. The molecule has 6 heteroatoms. The summed E-state index contributed by atoms with van der Waals surface area (Å²) < 4.78 is 1.28. The molecule has 0 aliphatic carbocycles. The number of nitrogens with zero attached hydrogens (tertiary/aromatic N) is 3. The third-order valence-corrected chi connectivity index (χ3v) is 6.63. The molecule has 0 unspecified atom stereocenters. The lowest BCUT2D eigenvalue weighted by molar-refractivity contribution is 0.0947. The van der Waals surface area contributed by atoms with E-state index in [-0.39, 0.29) is 5.91 Å². The number of amides is 1. The number of hydrogen-bond acceptors (Lipinski definition) is 5. The van der Waals surface area contributed by atoms with Crippen molar-refractivity contribution >= 4 is 32.6 Å². The quantitative estimate of drug-likeness (QED) is 0.698. The second-order valence-corrected chi connectivity index (χ2v) is 8.83. The number of thiazole rings is 1. The van der Waals surface area contributed by atoms with Crippen molar-refractivity contribution in [1.29, 1.82) is 0 Å². The molecule has 152 valence electrons. The van der Waals surface area contributed by atoms with Crippen LogP contribution >= 0.6 is 11.3 Å². The summed E-state index contributed by atoms with van der Waals surface area (Å²) in [5.41, 5.74) is 5.46. The average Bonchev–Trinajstić information content (AvgIpc) is 3.13. The number of carbonyl (C=O) groups excluding carboxylic acids is 1. The summed E-state index contributed by atoms with van der Waals surface area (Å²) in [5, 5.41) is 4.18. The number of benzene rings is 2. The Morgan fingerprint density at radius 2 is 1.83 bits per heavy atom. The van der Waals surface area contributed by atoms with Gasteiger partial charge in [-0.15, -0.1) is 0 Å². The van der Waals surface area contributed by atoms with E-state index in [0.29, 0.717) is 6.54 Å². The van der Waals surface area contributed by atoms with Gasteiger partial charge in [0.1, 0.15) is 0 Å². The predicted molar refractivity (Wildman–Crippen MR) is 121 cm³/mol. The van der Waals surface area contributed by atoms with E-state index >= 15 is 0 Å². The third-order valence-electron chi connectivity index (χ3n) is 5.56. The zero-order valence-electron chi connectivity index (χ0n) is 17.4. The number of nitrogens with one attached hydrogen (secondary N) is 1. The number of anilines is 1. The van der Waals surface area contributed by atoms with Gasteiger partial charge < -0.3 is 10.2 Å². The Balaban J connectivity index is 1.28. The first-order valence-corrected chi connectivity index (χ1v) is 11.0. The summed E-state index contributed by atoms with van der Waals surface area (Å²) in [4.78, 5) is 22.0. The lowest BCUT2D eigenvalue weighted by Gasteiger charge is -2.34. The highest BCUT2D eigenvalue weighted by Gasteiger charge is 2.20. The maximum Gasteiger partial charge on any atom is 0.251 e.